The average Bonchev–Trinajstić information content (AvgIpc) is 3.14. The minimum absolute atomic E-state index is 0.149. The zero-order valence-electron chi connectivity index (χ0n) is 16.7. The van der Waals surface area contributed by atoms with Crippen LogP contribution in [-0.2, 0) is 5.54 Å². The summed E-state index contributed by atoms with van der Waals surface area (Å²) >= 11 is 0. The zero-order chi connectivity index (χ0) is 19.8. The van der Waals surface area contributed by atoms with Crippen LogP contribution in [0.1, 0.15) is 30.4 Å². The highest BCUT2D eigenvalue weighted by Gasteiger charge is 2.36. The molecular weight excluding hydrogens is 354 g/mol. The standard InChI is InChI=1S/C26H25N3/c1-3-19-11-7-18-29-24(21-9-5-4-6-10-21)23(28-25(19)29)20-12-14-22(15-13-20)26(27-2)16-8-17-26/h3-7,9-15,18,27H,1,8,16-17H2,2H3. The first-order valence-corrected chi connectivity index (χ1v) is 10.2. The molecule has 1 aliphatic rings. The minimum atomic E-state index is 0.149. The van der Waals surface area contributed by atoms with Crippen LogP contribution < -0.4 is 5.32 Å². The number of rotatable bonds is 5. The number of hydrogen-bond donors (Lipinski definition) is 1. The lowest BCUT2D eigenvalue weighted by molar-refractivity contribution is 0.201. The van der Waals surface area contributed by atoms with Crippen LogP contribution in [-0.4, -0.2) is 16.4 Å². The second-order valence-electron chi connectivity index (χ2n) is 7.80. The molecule has 144 valence electrons. The number of imidazole rings is 1. The fourth-order valence-electron chi connectivity index (χ4n) is 4.48. The quantitative estimate of drug-likeness (QED) is 0.467. The molecule has 0 bridgehead atoms. The highest BCUT2D eigenvalue weighted by Crippen LogP contribution is 2.42. The molecule has 0 aliphatic heterocycles. The van der Waals surface area contributed by atoms with Gasteiger partial charge in [0.2, 0.25) is 0 Å². The normalized spacial score (nSPS) is 15.2. The van der Waals surface area contributed by atoms with Gasteiger partial charge in [0.05, 0.1) is 11.4 Å². The Bertz CT molecular complexity index is 1160. The number of aromatic nitrogens is 2. The Hall–Kier alpha value is -3.17. The summed E-state index contributed by atoms with van der Waals surface area (Å²) in [6.45, 7) is 3.97. The van der Waals surface area contributed by atoms with Crippen molar-refractivity contribution >= 4 is 11.7 Å². The van der Waals surface area contributed by atoms with E-state index in [2.05, 4.69) is 90.2 Å². The predicted molar refractivity (Wildman–Crippen MR) is 121 cm³/mol. The van der Waals surface area contributed by atoms with Crippen LogP contribution in [0.2, 0.25) is 0 Å². The SMILES string of the molecule is C=Cc1cccn2c(-c3ccccc3)c(-c3ccc(C4(NC)CCC4)cc3)nc12. The number of nitrogens with one attached hydrogen (secondary N) is 1. The van der Waals surface area contributed by atoms with E-state index < -0.39 is 0 Å². The van der Waals surface area contributed by atoms with Gasteiger partial charge in [-0.2, -0.15) is 0 Å². The van der Waals surface area contributed by atoms with Crippen molar-refractivity contribution in [2.24, 2.45) is 0 Å². The molecule has 0 radical (unpaired) electrons. The van der Waals surface area contributed by atoms with Gasteiger partial charge in [0.1, 0.15) is 5.65 Å². The molecule has 1 N–H and O–H groups in total. The van der Waals surface area contributed by atoms with Crippen LogP contribution in [0.3, 0.4) is 0 Å². The number of nitrogens with zero attached hydrogens (tertiary/aromatic N) is 2. The molecule has 1 fully saturated rings. The monoisotopic (exact) mass is 379 g/mol. The molecule has 0 spiro atoms. The lowest BCUT2D eigenvalue weighted by atomic mass is 9.72. The third kappa shape index (κ3) is 2.81. The third-order valence-corrected chi connectivity index (χ3v) is 6.34. The molecule has 2 aromatic carbocycles. The van der Waals surface area contributed by atoms with Crippen molar-refractivity contribution in [3.63, 3.8) is 0 Å². The maximum Gasteiger partial charge on any atom is 0.145 e. The van der Waals surface area contributed by atoms with Crippen molar-refractivity contribution in [2.45, 2.75) is 24.8 Å². The fraction of sp³-hybridized carbons (Fsp3) is 0.192. The van der Waals surface area contributed by atoms with Gasteiger partial charge in [-0.15, -0.1) is 0 Å². The smallest absolute Gasteiger partial charge is 0.145 e. The molecule has 2 heterocycles. The second kappa shape index (κ2) is 7.02. The van der Waals surface area contributed by atoms with E-state index in [4.69, 9.17) is 4.98 Å². The highest BCUT2D eigenvalue weighted by molar-refractivity contribution is 5.84. The first-order valence-electron chi connectivity index (χ1n) is 10.2. The topological polar surface area (TPSA) is 29.3 Å². The molecule has 0 unspecified atom stereocenters. The molecule has 4 aromatic rings. The van der Waals surface area contributed by atoms with Crippen molar-refractivity contribution in [2.75, 3.05) is 7.05 Å². The first-order chi connectivity index (χ1) is 14.3. The Kier molecular flexibility index (Phi) is 4.33. The van der Waals surface area contributed by atoms with Gasteiger partial charge in [0, 0.05) is 28.4 Å². The molecule has 29 heavy (non-hydrogen) atoms. The zero-order valence-corrected chi connectivity index (χ0v) is 16.7. The summed E-state index contributed by atoms with van der Waals surface area (Å²) in [5.41, 5.74) is 7.90. The van der Waals surface area contributed by atoms with Crippen LogP contribution in [0.25, 0.3) is 34.2 Å². The molecule has 2 aromatic heterocycles. The summed E-state index contributed by atoms with van der Waals surface area (Å²) in [5, 5.41) is 3.53. The lowest BCUT2D eigenvalue weighted by Crippen LogP contribution is -2.45. The summed E-state index contributed by atoms with van der Waals surface area (Å²) in [6, 6.07) is 23.6. The average molecular weight is 380 g/mol. The van der Waals surface area contributed by atoms with Gasteiger partial charge < -0.3 is 5.32 Å². The Morgan fingerprint density at radius 1 is 0.966 bits per heavy atom. The Morgan fingerprint density at radius 3 is 2.34 bits per heavy atom. The summed E-state index contributed by atoms with van der Waals surface area (Å²) in [7, 11) is 2.07. The molecule has 0 amide bonds. The number of fused-ring (bicyclic) bond motifs is 1. The Balaban J connectivity index is 1.69. The largest absolute Gasteiger partial charge is 0.310 e. The highest BCUT2D eigenvalue weighted by atomic mass is 15.0. The maximum absolute atomic E-state index is 5.05. The van der Waals surface area contributed by atoms with E-state index in [1.807, 2.05) is 12.1 Å². The van der Waals surface area contributed by atoms with E-state index in [9.17, 15) is 0 Å². The molecular formula is C26H25N3. The van der Waals surface area contributed by atoms with Crippen LogP contribution in [0.15, 0.2) is 79.5 Å². The van der Waals surface area contributed by atoms with Gasteiger partial charge >= 0.3 is 0 Å². The summed E-state index contributed by atoms with van der Waals surface area (Å²) in [6.07, 6.45) is 7.65. The van der Waals surface area contributed by atoms with Gasteiger partial charge in [-0.3, -0.25) is 4.40 Å². The molecule has 3 nitrogen and oxygen atoms in total. The molecule has 5 rings (SSSR count). The second-order valence-corrected chi connectivity index (χ2v) is 7.80. The summed E-state index contributed by atoms with van der Waals surface area (Å²) in [5.74, 6) is 0. The van der Waals surface area contributed by atoms with Gasteiger partial charge in [0.25, 0.3) is 0 Å². The van der Waals surface area contributed by atoms with E-state index in [-0.39, 0.29) is 5.54 Å². The van der Waals surface area contributed by atoms with Crippen molar-refractivity contribution in [1.29, 1.82) is 0 Å². The van der Waals surface area contributed by atoms with E-state index >= 15 is 0 Å². The summed E-state index contributed by atoms with van der Waals surface area (Å²) in [4.78, 5) is 5.05. The van der Waals surface area contributed by atoms with Crippen LogP contribution in [0.4, 0.5) is 0 Å². The van der Waals surface area contributed by atoms with Gasteiger partial charge in [0.15, 0.2) is 0 Å². The minimum Gasteiger partial charge on any atom is -0.310 e. The van der Waals surface area contributed by atoms with E-state index in [0.717, 1.165) is 33.7 Å². The van der Waals surface area contributed by atoms with Crippen LogP contribution in [0.5, 0.6) is 0 Å². The van der Waals surface area contributed by atoms with Crippen molar-refractivity contribution in [3.05, 3.63) is 90.6 Å². The van der Waals surface area contributed by atoms with Gasteiger partial charge in [-0.05, 0) is 44.0 Å². The molecule has 1 aliphatic carbocycles. The Labute approximate surface area is 171 Å². The number of hydrogen-bond acceptors (Lipinski definition) is 2. The number of pyridine rings is 1. The van der Waals surface area contributed by atoms with Crippen LogP contribution >= 0.6 is 0 Å². The summed E-state index contributed by atoms with van der Waals surface area (Å²) < 4.78 is 2.18. The molecule has 0 saturated heterocycles. The first kappa shape index (κ1) is 17.9. The van der Waals surface area contributed by atoms with E-state index in [1.165, 1.54) is 24.8 Å². The number of benzene rings is 2. The predicted octanol–water partition coefficient (Wildman–Crippen LogP) is 5.91. The molecule has 3 heteroatoms. The van der Waals surface area contributed by atoms with E-state index in [1.54, 1.807) is 0 Å². The van der Waals surface area contributed by atoms with Crippen molar-refractivity contribution in [3.8, 4) is 22.5 Å². The maximum atomic E-state index is 5.05. The van der Waals surface area contributed by atoms with Gasteiger partial charge in [-0.1, -0.05) is 67.3 Å². The Morgan fingerprint density at radius 2 is 1.72 bits per heavy atom. The van der Waals surface area contributed by atoms with Crippen molar-refractivity contribution < 1.29 is 0 Å². The molecule has 1 saturated carbocycles. The van der Waals surface area contributed by atoms with E-state index in [0.29, 0.717) is 0 Å². The lowest BCUT2D eigenvalue weighted by Gasteiger charge is -2.42. The van der Waals surface area contributed by atoms with Crippen molar-refractivity contribution in [1.82, 2.24) is 14.7 Å². The third-order valence-electron chi connectivity index (χ3n) is 6.34. The van der Waals surface area contributed by atoms with Gasteiger partial charge in [-0.25, -0.2) is 4.98 Å². The van der Waals surface area contributed by atoms with Crippen LogP contribution in [0, 0.1) is 0 Å². The molecule has 0 atom stereocenters. The fourth-order valence-corrected chi connectivity index (χ4v) is 4.48.